The van der Waals surface area contributed by atoms with E-state index >= 15 is 0 Å². The number of hydrogen-bond acceptors (Lipinski definition) is 5. The van der Waals surface area contributed by atoms with Gasteiger partial charge in [-0.25, -0.2) is 18.1 Å². The maximum Gasteiger partial charge on any atom is 0.416 e. The third kappa shape index (κ3) is 4.29. The Morgan fingerprint density at radius 2 is 1.82 bits per heavy atom. The highest BCUT2D eigenvalue weighted by Gasteiger charge is 2.31. The first-order valence-corrected chi connectivity index (χ1v) is 10.8. The van der Waals surface area contributed by atoms with Gasteiger partial charge in [0, 0.05) is 12.6 Å². The first-order chi connectivity index (χ1) is 13.2. The highest BCUT2D eigenvalue weighted by atomic mass is 32.2. The Morgan fingerprint density at radius 1 is 1.11 bits per heavy atom. The van der Waals surface area contributed by atoms with Gasteiger partial charge in [-0.05, 0) is 48.7 Å². The minimum Gasteiger partial charge on any atom is -0.357 e. The maximum atomic E-state index is 12.8. The summed E-state index contributed by atoms with van der Waals surface area (Å²) in [6, 6.07) is 10.00. The second-order valence-electron chi connectivity index (χ2n) is 6.59. The highest BCUT2D eigenvalue weighted by Crippen LogP contribution is 2.34. The van der Waals surface area contributed by atoms with Crippen LogP contribution in [0.4, 0.5) is 18.3 Å². The van der Waals surface area contributed by atoms with E-state index in [0.29, 0.717) is 16.4 Å². The molecule has 1 saturated carbocycles. The molecule has 5 nitrogen and oxygen atoms in total. The molecule has 2 N–H and O–H groups in total. The number of rotatable bonds is 6. The Hall–Kier alpha value is -2.17. The number of benzene rings is 2. The van der Waals surface area contributed by atoms with E-state index in [2.05, 4.69) is 15.0 Å². The van der Waals surface area contributed by atoms with Gasteiger partial charge in [0.2, 0.25) is 10.0 Å². The molecule has 0 atom stereocenters. The standard InChI is InChI=1S/C18H16F3N3O2S2/c19-18(20,21)12-3-8-16-15(9-12)23-17(27-16)22-10-11-1-6-14(7-2-11)28(25,26)24-13-4-5-13/h1-3,6-9,13,24H,4-5,10H2,(H,22,23). The van der Waals surface area contributed by atoms with Crippen LogP contribution in [-0.2, 0) is 22.7 Å². The quantitative estimate of drug-likeness (QED) is 0.613. The Morgan fingerprint density at radius 3 is 2.46 bits per heavy atom. The summed E-state index contributed by atoms with van der Waals surface area (Å²) in [7, 11) is -3.49. The van der Waals surface area contributed by atoms with Crippen molar-refractivity contribution in [2.45, 2.75) is 36.5 Å². The number of halogens is 3. The minimum absolute atomic E-state index is 0.0447. The van der Waals surface area contributed by atoms with E-state index in [-0.39, 0.29) is 16.5 Å². The van der Waals surface area contributed by atoms with Crippen LogP contribution in [0.25, 0.3) is 10.2 Å². The van der Waals surface area contributed by atoms with Gasteiger partial charge in [0.1, 0.15) is 0 Å². The van der Waals surface area contributed by atoms with Crippen LogP contribution >= 0.6 is 11.3 Å². The molecule has 1 aromatic heterocycles. The fourth-order valence-corrected chi connectivity index (χ4v) is 4.78. The first kappa shape index (κ1) is 19.2. The van der Waals surface area contributed by atoms with Gasteiger partial charge in [0.25, 0.3) is 0 Å². The monoisotopic (exact) mass is 427 g/mol. The second kappa shape index (κ2) is 7.02. The fraction of sp³-hybridized carbons (Fsp3) is 0.278. The average molecular weight is 427 g/mol. The molecule has 2 aromatic carbocycles. The summed E-state index contributed by atoms with van der Waals surface area (Å²) >= 11 is 1.26. The average Bonchev–Trinajstić information content (AvgIpc) is 3.33. The maximum absolute atomic E-state index is 12.8. The van der Waals surface area contributed by atoms with Crippen molar-refractivity contribution < 1.29 is 21.6 Å². The smallest absolute Gasteiger partial charge is 0.357 e. The molecule has 0 radical (unpaired) electrons. The molecular formula is C18H16F3N3O2S2. The van der Waals surface area contributed by atoms with Crippen molar-refractivity contribution in [1.82, 2.24) is 9.71 Å². The molecule has 4 rings (SSSR count). The largest absolute Gasteiger partial charge is 0.416 e. The molecule has 0 aliphatic heterocycles. The van der Waals surface area contributed by atoms with Crippen LogP contribution < -0.4 is 10.0 Å². The third-order valence-corrected chi connectivity index (χ3v) is 6.82. The molecule has 1 fully saturated rings. The number of anilines is 1. The molecule has 10 heteroatoms. The summed E-state index contributed by atoms with van der Waals surface area (Å²) in [5, 5.41) is 3.57. The van der Waals surface area contributed by atoms with E-state index in [1.54, 1.807) is 12.1 Å². The summed E-state index contributed by atoms with van der Waals surface area (Å²) in [5.74, 6) is 0. The second-order valence-corrected chi connectivity index (χ2v) is 9.34. The van der Waals surface area contributed by atoms with E-state index in [1.807, 2.05) is 0 Å². The van der Waals surface area contributed by atoms with Gasteiger partial charge in [-0.1, -0.05) is 23.5 Å². The van der Waals surface area contributed by atoms with E-state index in [9.17, 15) is 21.6 Å². The van der Waals surface area contributed by atoms with Crippen LogP contribution in [0.5, 0.6) is 0 Å². The van der Waals surface area contributed by atoms with Gasteiger partial charge < -0.3 is 5.32 Å². The van der Waals surface area contributed by atoms with E-state index in [0.717, 1.165) is 30.5 Å². The van der Waals surface area contributed by atoms with Crippen molar-refractivity contribution in [3.63, 3.8) is 0 Å². The Labute approximate surface area is 163 Å². The molecule has 0 bridgehead atoms. The summed E-state index contributed by atoms with van der Waals surface area (Å²) in [6.45, 7) is 0.377. The molecular weight excluding hydrogens is 411 g/mol. The normalized spacial score (nSPS) is 15.1. The summed E-state index contributed by atoms with van der Waals surface area (Å²) in [5.41, 5.74) is 0.393. The Bertz CT molecular complexity index is 1110. The first-order valence-electron chi connectivity index (χ1n) is 8.54. The molecule has 28 heavy (non-hydrogen) atoms. The van der Waals surface area contributed by atoms with Crippen LogP contribution in [0.3, 0.4) is 0 Å². The van der Waals surface area contributed by atoms with Crippen LogP contribution in [-0.4, -0.2) is 19.4 Å². The SMILES string of the molecule is O=S(=O)(NC1CC1)c1ccc(CNc2nc3cc(C(F)(F)F)ccc3s2)cc1. The Balaban J connectivity index is 1.44. The number of hydrogen-bond donors (Lipinski definition) is 2. The van der Waals surface area contributed by atoms with Crippen molar-refractivity contribution in [2.75, 3.05) is 5.32 Å². The predicted molar refractivity (Wildman–Crippen MR) is 102 cm³/mol. The molecule has 148 valence electrons. The lowest BCUT2D eigenvalue weighted by molar-refractivity contribution is -0.137. The van der Waals surface area contributed by atoms with Gasteiger partial charge in [0.05, 0.1) is 20.7 Å². The van der Waals surface area contributed by atoms with Crippen LogP contribution in [0.2, 0.25) is 0 Å². The van der Waals surface area contributed by atoms with Gasteiger partial charge in [-0.3, -0.25) is 0 Å². The highest BCUT2D eigenvalue weighted by molar-refractivity contribution is 7.89. The summed E-state index contributed by atoms with van der Waals surface area (Å²) in [4.78, 5) is 4.41. The molecule has 3 aromatic rings. The lowest BCUT2D eigenvalue weighted by Crippen LogP contribution is -2.25. The number of alkyl halides is 3. The molecule has 1 heterocycles. The zero-order valence-electron chi connectivity index (χ0n) is 14.5. The number of thiazole rings is 1. The van der Waals surface area contributed by atoms with Crippen LogP contribution in [0, 0.1) is 0 Å². The molecule has 1 aliphatic rings. The van der Waals surface area contributed by atoms with Crippen molar-refractivity contribution in [1.29, 1.82) is 0 Å². The van der Waals surface area contributed by atoms with Crippen molar-refractivity contribution >= 4 is 36.7 Å². The predicted octanol–water partition coefficient (Wildman–Crippen LogP) is 4.37. The topological polar surface area (TPSA) is 71.1 Å². The number of aromatic nitrogens is 1. The zero-order chi connectivity index (χ0) is 19.9. The molecule has 0 unspecified atom stereocenters. The number of fused-ring (bicyclic) bond motifs is 1. The molecule has 0 saturated heterocycles. The Kier molecular flexibility index (Phi) is 4.80. The minimum atomic E-state index is -4.40. The lowest BCUT2D eigenvalue weighted by Gasteiger charge is -2.07. The van der Waals surface area contributed by atoms with Crippen LogP contribution in [0.15, 0.2) is 47.4 Å². The van der Waals surface area contributed by atoms with E-state index in [4.69, 9.17) is 0 Å². The van der Waals surface area contributed by atoms with Gasteiger partial charge in [-0.2, -0.15) is 13.2 Å². The fourth-order valence-electron chi connectivity index (χ4n) is 2.63. The number of nitrogens with zero attached hydrogens (tertiary/aromatic N) is 1. The summed E-state index contributed by atoms with van der Waals surface area (Å²) in [6.07, 6.45) is -2.66. The zero-order valence-corrected chi connectivity index (χ0v) is 16.1. The van der Waals surface area contributed by atoms with Crippen molar-refractivity contribution in [3.05, 3.63) is 53.6 Å². The van der Waals surface area contributed by atoms with Gasteiger partial charge in [0.15, 0.2) is 5.13 Å². The van der Waals surface area contributed by atoms with Crippen LogP contribution in [0.1, 0.15) is 24.0 Å². The number of sulfonamides is 1. The van der Waals surface area contributed by atoms with E-state index in [1.165, 1.54) is 29.5 Å². The van der Waals surface area contributed by atoms with Gasteiger partial charge in [-0.15, -0.1) is 0 Å². The molecule has 1 aliphatic carbocycles. The third-order valence-electron chi connectivity index (χ3n) is 4.29. The van der Waals surface area contributed by atoms with Crippen molar-refractivity contribution in [3.8, 4) is 0 Å². The summed E-state index contributed by atoms with van der Waals surface area (Å²) < 4.78 is 66.0. The van der Waals surface area contributed by atoms with Crippen molar-refractivity contribution in [2.24, 2.45) is 0 Å². The van der Waals surface area contributed by atoms with Gasteiger partial charge >= 0.3 is 6.18 Å². The number of nitrogens with one attached hydrogen (secondary N) is 2. The molecule has 0 spiro atoms. The molecule has 0 amide bonds. The lowest BCUT2D eigenvalue weighted by atomic mass is 10.2. The van der Waals surface area contributed by atoms with E-state index < -0.39 is 21.8 Å².